The third kappa shape index (κ3) is 5.63. The van der Waals surface area contributed by atoms with Crippen molar-refractivity contribution in [3.8, 4) is 35.4 Å². The van der Waals surface area contributed by atoms with Gasteiger partial charge >= 0.3 is 12.4 Å². The lowest BCUT2D eigenvalue weighted by molar-refractivity contribution is -0.329. The number of alkyl halides is 4. The first-order chi connectivity index (χ1) is 23.9. The topological polar surface area (TPSA) is 95.9 Å². The van der Waals surface area contributed by atoms with Crippen molar-refractivity contribution >= 4 is 27.5 Å². The number of hydrogen-bond acceptors (Lipinski definition) is 9. The van der Waals surface area contributed by atoms with Crippen LogP contribution in [0.4, 0.5) is 32.2 Å². The van der Waals surface area contributed by atoms with E-state index in [0.29, 0.717) is 37.7 Å². The van der Waals surface area contributed by atoms with E-state index in [1.807, 2.05) is 0 Å². The summed E-state index contributed by atoms with van der Waals surface area (Å²) < 4.78 is 96.1. The van der Waals surface area contributed by atoms with Gasteiger partial charge in [0.15, 0.2) is 5.82 Å². The molecule has 0 saturated carbocycles. The molecule has 6 heterocycles. The standard InChI is InChI=1S/C35H32F6N6O3/c1-2-23-26(37)5-4-19-10-22(48)11-24(27(19)23)29-28(38)30-25(13-42-29)31(46-15-21-6-8-33(16-46,45-21)17-50-35(39,40)41)44-32(43-30)49-18-34-7-3-9-47(34)14-20(36)12-34/h1,4-5,10-11,13,20-21,45,48H,3,6-9,12,14-18H2/t20-,21?,33?,34+/m1/s1. The van der Waals surface area contributed by atoms with Gasteiger partial charge in [-0.25, -0.2) is 13.2 Å². The number of benzene rings is 2. The molecule has 2 N–H and O–H groups in total. The number of pyridine rings is 1. The molecule has 4 saturated heterocycles. The summed E-state index contributed by atoms with van der Waals surface area (Å²) in [6.07, 6.45) is 3.99. The fraction of sp³-hybridized carbons (Fsp3) is 0.457. The molecular weight excluding hydrogens is 666 g/mol. The molecule has 9 nitrogen and oxygen atoms in total. The molecule has 4 aliphatic rings. The SMILES string of the molecule is C#Cc1c(F)ccc2cc(O)cc(-c3ncc4c(N5CC6CCC(COC(F)(F)F)(C5)N6)nc(OC[C@@]56CCCN5C[C@H](F)C6)nc4c3F)c12. The van der Waals surface area contributed by atoms with Crippen LogP contribution in [0.25, 0.3) is 32.9 Å². The van der Waals surface area contributed by atoms with E-state index in [1.54, 1.807) is 4.90 Å². The minimum Gasteiger partial charge on any atom is -0.508 e. The van der Waals surface area contributed by atoms with Crippen molar-refractivity contribution in [3.63, 3.8) is 0 Å². The van der Waals surface area contributed by atoms with E-state index in [2.05, 4.69) is 35.8 Å². The van der Waals surface area contributed by atoms with Gasteiger partial charge in [0.1, 0.15) is 41.4 Å². The first kappa shape index (κ1) is 32.8. The molecule has 0 radical (unpaired) electrons. The Hall–Kier alpha value is -4.39. The van der Waals surface area contributed by atoms with Crippen molar-refractivity contribution in [2.24, 2.45) is 0 Å². The molecule has 0 spiro atoms. The zero-order valence-corrected chi connectivity index (χ0v) is 26.7. The molecule has 4 aliphatic heterocycles. The van der Waals surface area contributed by atoms with Gasteiger partial charge < -0.3 is 20.1 Å². The molecule has 0 amide bonds. The molecule has 2 bridgehead atoms. The highest BCUT2D eigenvalue weighted by molar-refractivity contribution is 6.03. The number of phenolic OH excluding ortho intramolecular Hbond substituents is 1. The normalized spacial score (nSPS) is 26.5. The summed E-state index contributed by atoms with van der Waals surface area (Å²) in [5.41, 5.74) is -2.23. The highest BCUT2D eigenvalue weighted by Crippen LogP contribution is 2.43. The summed E-state index contributed by atoms with van der Waals surface area (Å²) in [6.45, 7) is 0.823. The molecule has 4 fully saturated rings. The van der Waals surface area contributed by atoms with E-state index in [4.69, 9.17) is 11.2 Å². The Balaban J connectivity index is 1.25. The maximum atomic E-state index is 16.9. The number of phenols is 1. The summed E-state index contributed by atoms with van der Waals surface area (Å²) in [4.78, 5) is 17.3. The van der Waals surface area contributed by atoms with Crippen LogP contribution in [0.5, 0.6) is 11.8 Å². The van der Waals surface area contributed by atoms with Crippen molar-refractivity contribution in [3.05, 3.63) is 47.7 Å². The Kier molecular flexibility index (Phi) is 7.77. The van der Waals surface area contributed by atoms with E-state index < -0.39 is 41.9 Å². The third-order valence-electron chi connectivity index (χ3n) is 10.6. The number of aromatic hydroxyl groups is 1. The lowest BCUT2D eigenvalue weighted by Crippen LogP contribution is -2.62. The lowest BCUT2D eigenvalue weighted by atomic mass is 9.95. The number of ether oxygens (including phenoxy) is 2. The van der Waals surface area contributed by atoms with Gasteiger partial charge in [0.05, 0.1) is 28.6 Å². The number of aromatic nitrogens is 3. The molecule has 50 heavy (non-hydrogen) atoms. The second-order valence-electron chi connectivity index (χ2n) is 13.8. The van der Waals surface area contributed by atoms with Crippen LogP contribution in [0, 0.1) is 24.0 Å². The molecule has 4 atom stereocenters. The van der Waals surface area contributed by atoms with Gasteiger partial charge in [-0.2, -0.15) is 9.97 Å². The van der Waals surface area contributed by atoms with Crippen LogP contribution in [0.15, 0.2) is 30.5 Å². The molecule has 4 aromatic rings. The number of anilines is 1. The highest BCUT2D eigenvalue weighted by atomic mass is 19.4. The molecular formula is C35H32F6N6O3. The maximum absolute atomic E-state index is 16.9. The Labute approximate surface area is 282 Å². The van der Waals surface area contributed by atoms with E-state index in [0.717, 1.165) is 19.0 Å². The van der Waals surface area contributed by atoms with Gasteiger partial charge in [-0.15, -0.1) is 19.6 Å². The summed E-state index contributed by atoms with van der Waals surface area (Å²) >= 11 is 0. The molecule has 2 aromatic carbocycles. The minimum absolute atomic E-state index is 0.0263. The Morgan fingerprint density at radius 3 is 2.76 bits per heavy atom. The van der Waals surface area contributed by atoms with Crippen molar-refractivity contribution < 1.29 is 40.9 Å². The molecule has 2 aromatic heterocycles. The third-order valence-corrected chi connectivity index (χ3v) is 10.6. The van der Waals surface area contributed by atoms with Crippen molar-refractivity contribution in [2.45, 2.75) is 61.8 Å². The Morgan fingerprint density at radius 2 is 1.96 bits per heavy atom. The predicted octanol–water partition coefficient (Wildman–Crippen LogP) is 5.61. The predicted molar refractivity (Wildman–Crippen MR) is 171 cm³/mol. The number of piperazine rings is 1. The van der Waals surface area contributed by atoms with Gasteiger partial charge in [-0.05, 0) is 55.8 Å². The molecule has 262 valence electrons. The van der Waals surface area contributed by atoms with E-state index in [1.165, 1.54) is 24.4 Å². The number of nitrogens with one attached hydrogen (secondary N) is 1. The van der Waals surface area contributed by atoms with Gasteiger partial charge in [0, 0.05) is 49.2 Å². The zero-order chi connectivity index (χ0) is 35.0. The largest absolute Gasteiger partial charge is 0.522 e. The van der Waals surface area contributed by atoms with Crippen molar-refractivity contribution in [1.82, 2.24) is 25.2 Å². The average molecular weight is 699 g/mol. The van der Waals surface area contributed by atoms with E-state index in [-0.39, 0.29) is 76.3 Å². The van der Waals surface area contributed by atoms with Crippen LogP contribution < -0.4 is 15.0 Å². The summed E-state index contributed by atoms with van der Waals surface area (Å²) in [6, 6.07) is 4.77. The number of terminal acetylenes is 1. The molecule has 0 aliphatic carbocycles. The number of hydrogen-bond donors (Lipinski definition) is 2. The fourth-order valence-electron chi connectivity index (χ4n) is 8.44. The Morgan fingerprint density at radius 1 is 1.12 bits per heavy atom. The average Bonchev–Trinajstić information content (AvgIpc) is 3.71. The van der Waals surface area contributed by atoms with Gasteiger partial charge in [-0.3, -0.25) is 14.6 Å². The van der Waals surface area contributed by atoms with E-state index >= 15 is 4.39 Å². The van der Waals surface area contributed by atoms with Crippen LogP contribution in [-0.4, -0.2) is 94.0 Å². The smallest absolute Gasteiger partial charge is 0.508 e. The van der Waals surface area contributed by atoms with Crippen LogP contribution in [0.3, 0.4) is 0 Å². The molecule has 15 heteroatoms. The first-order valence-corrected chi connectivity index (χ1v) is 16.4. The van der Waals surface area contributed by atoms with Gasteiger partial charge in [0.25, 0.3) is 0 Å². The number of nitrogens with zero attached hydrogens (tertiary/aromatic N) is 5. The second kappa shape index (κ2) is 11.9. The fourth-order valence-corrected chi connectivity index (χ4v) is 8.44. The molecule has 8 rings (SSSR count). The first-order valence-electron chi connectivity index (χ1n) is 16.4. The second-order valence-corrected chi connectivity index (χ2v) is 13.8. The molecule has 2 unspecified atom stereocenters. The summed E-state index contributed by atoms with van der Waals surface area (Å²) in [7, 11) is 0. The number of halogens is 6. The highest BCUT2D eigenvalue weighted by Gasteiger charge is 2.50. The van der Waals surface area contributed by atoms with Gasteiger partial charge in [0.2, 0.25) is 0 Å². The van der Waals surface area contributed by atoms with Crippen LogP contribution in [0.2, 0.25) is 0 Å². The van der Waals surface area contributed by atoms with Crippen LogP contribution in [-0.2, 0) is 4.74 Å². The minimum atomic E-state index is -4.83. The lowest BCUT2D eigenvalue weighted by Gasteiger charge is -2.42. The zero-order valence-electron chi connectivity index (χ0n) is 26.7. The summed E-state index contributed by atoms with van der Waals surface area (Å²) in [5, 5.41) is 14.5. The maximum Gasteiger partial charge on any atom is 0.522 e. The number of rotatable bonds is 7. The monoisotopic (exact) mass is 698 g/mol. The Bertz CT molecular complexity index is 2060. The van der Waals surface area contributed by atoms with Crippen LogP contribution in [0.1, 0.15) is 37.7 Å². The van der Waals surface area contributed by atoms with Crippen molar-refractivity contribution in [2.75, 3.05) is 44.3 Å². The van der Waals surface area contributed by atoms with Crippen molar-refractivity contribution in [1.29, 1.82) is 0 Å². The number of fused-ring (bicyclic) bond motifs is 5. The quantitative estimate of drug-likeness (QED) is 0.189. The van der Waals surface area contributed by atoms with E-state index in [9.17, 15) is 27.1 Å². The van der Waals surface area contributed by atoms with Gasteiger partial charge in [-0.1, -0.05) is 12.0 Å². The summed E-state index contributed by atoms with van der Waals surface area (Å²) in [5.74, 6) is 0.619. The van der Waals surface area contributed by atoms with Crippen LogP contribution >= 0.6 is 0 Å².